The summed E-state index contributed by atoms with van der Waals surface area (Å²) in [5.74, 6) is 0.546. The molecule has 3 aromatic carbocycles. The first-order chi connectivity index (χ1) is 19.4. The lowest BCUT2D eigenvalue weighted by molar-refractivity contribution is -0.143. The van der Waals surface area contributed by atoms with Crippen LogP contribution in [0.4, 0.5) is 26.3 Å². The van der Waals surface area contributed by atoms with Crippen molar-refractivity contribution in [2.45, 2.75) is 56.5 Å². The summed E-state index contributed by atoms with van der Waals surface area (Å²) in [6.07, 6.45) is -6.79. The fourth-order valence-electron chi connectivity index (χ4n) is 6.56. The van der Waals surface area contributed by atoms with E-state index in [1.165, 1.54) is 18.2 Å². The van der Waals surface area contributed by atoms with Crippen LogP contribution in [-0.4, -0.2) is 49.1 Å². The highest BCUT2D eigenvalue weighted by molar-refractivity contribution is 5.42. The number of benzene rings is 3. The van der Waals surface area contributed by atoms with Crippen LogP contribution in [0.15, 0.2) is 66.7 Å². The fraction of sp³-hybridized carbons (Fsp3) is 0.438. The molecule has 0 N–H and O–H groups in total. The standard InChI is InChI=1S/C32H34F6N2O/c1-30(28-9-5-6-10-29(28)41-2,21-22-17-25(31(33,34)35)20-26(18-22)32(36,37)38)40-15-13-39(14-16-40)27-12-11-23-7-3-4-8-24(23)19-27/h3-10,17-18,20,27H,11-16,19,21H2,1-2H3. The normalized spacial score (nSPS) is 20.3. The van der Waals surface area contributed by atoms with Crippen molar-refractivity contribution in [3.05, 3.63) is 100 Å². The molecule has 0 aromatic heterocycles. The zero-order chi connectivity index (χ0) is 29.4. The molecule has 2 atom stereocenters. The molecule has 2 unspecified atom stereocenters. The molecule has 1 fully saturated rings. The largest absolute Gasteiger partial charge is 0.496 e. The van der Waals surface area contributed by atoms with Crippen molar-refractivity contribution in [2.75, 3.05) is 33.3 Å². The molecule has 5 rings (SSSR count). The van der Waals surface area contributed by atoms with Gasteiger partial charge in [0.1, 0.15) is 5.75 Å². The Kier molecular flexibility index (Phi) is 8.14. The molecule has 0 amide bonds. The number of hydrogen-bond acceptors (Lipinski definition) is 3. The van der Waals surface area contributed by atoms with Crippen molar-refractivity contribution < 1.29 is 31.1 Å². The topological polar surface area (TPSA) is 15.7 Å². The number of nitrogens with zero attached hydrogens (tertiary/aromatic N) is 2. The van der Waals surface area contributed by atoms with Crippen LogP contribution in [-0.2, 0) is 37.2 Å². The quantitative estimate of drug-likeness (QED) is 0.285. The summed E-state index contributed by atoms with van der Waals surface area (Å²) < 4.78 is 87.7. The molecule has 1 aliphatic carbocycles. The minimum atomic E-state index is -4.90. The van der Waals surface area contributed by atoms with E-state index in [9.17, 15) is 26.3 Å². The molecule has 3 nitrogen and oxygen atoms in total. The van der Waals surface area contributed by atoms with Gasteiger partial charge in [0, 0.05) is 37.8 Å². The number of alkyl halides is 6. The van der Waals surface area contributed by atoms with Crippen LogP contribution in [0.25, 0.3) is 0 Å². The first-order valence-electron chi connectivity index (χ1n) is 13.9. The van der Waals surface area contributed by atoms with E-state index in [1.807, 2.05) is 19.1 Å². The summed E-state index contributed by atoms with van der Waals surface area (Å²) in [7, 11) is 1.52. The van der Waals surface area contributed by atoms with Crippen LogP contribution in [0.1, 0.15) is 46.7 Å². The summed E-state index contributed by atoms with van der Waals surface area (Å²) in [6.45, 7) is 4.66. The Morgan fingerprint density at radius 1 is 0.780 bits per heavy atom. The maximum absolute atomic E-state index is 13.7. The van der Waals surface area contributed by atoms with Crippen LogP contribution >= 0.6 is 0 Å². The lowest BCUT2D eigenvalue weighted by Crippen LogP contribution is -2.57. The summed E-state index contributed by atoms with van der Waals surface area (Å²) in [5, 5.41) is 0. The molecule has 1 aliphatic heterocycles. The maximum Gasteiger partial charge on any atom is 0.416 e. The molecular weight excluding hydrogens is 542 g/mol. The number of piperazine rings is 1. The highest BCUT2D eigenvalue weighted by atomic mass is 19.4. The predicted octanol–water partition coefficient (Wildman–Crippen LogP) is 7.37. The Labute approximate surface area is 236 Å². The van der Waals surface area contributed by atoms with E-state index < -0.39 is 29.0 Å². The molecule has 0 saturated carbocycles. The van der Waals surface area contributed by atoms with Gasteiger partial charge in [0.2, 0.25) is 0 Å². The second kappa shape index (κ2) is 11.3. The summed E-state index contributed by atoms with van der Waals surface area (Å²) in [5.41, 5.74) is -0.0367. The zero-order valence-electron chi connectivity index (χ0n) is 23.2. The van der Waals surface area contributed by atoms with E-state index >= 15 is 0 Å². The first-order valence-corrected chi connectivity index (χ1v) is 13.9. The van der Waals surface area contributed by atoms with Gasteiger partial charge in [-0.1, -0.05) is 42.5 Å². The number of para-hydroxylation sites is 1. The molecule has 1 saturated heterocycles. The molecule has 1 heterocycles. The molecule has 9 heteroatoms. The fourth-order valence-corrected chi connectivity index (χ4v) is 6.56. The van der Waals surface area contributed by atoms with Gasteiger partial charge < -0.3 is 4.74 Å². The number of methoxy groups -OCH3 is 1. The maximum atomic E-state index is 13.7. The van der Waals surface area contributed by atoms with E-state index in [2.05, 4.69) is 34.1 Å². The number of halogens is 6. The van der Waals surface area contributed by atoms with Crippen molar-refractivity contribution in [1.82, 2.24) is 9.80 Å². The minimum absolute atomic E-state index is 0.0214. The monoisotopic (exact) mass is 576 g/mol. The molecule has 0 bridgehead atoms. The van der Waals surface area contributed by atoms with E-state index in [-0.39, 0.29) is 18.1 Å². The van der Waals surface area contributed by atoms with Crippen molar-refractivity contribution in [3.8, 4) is 5.75 Å². The Balaban J connectivity index is 1.45. The minimum Gasteiger partial charge on any atom is -0.496 e. The highest BCUT2D eigenvalue weighted by Gasteiger charge is 2.41. The van der Waals surface area contributed by atoms with Crippen LogP contribution in [0.5, 0.6) is 5.75 Å². The number of hydrogen-bond donors (Lipinski definition) is 0. The lowest BCUT2D eigenvalue weighted by atomic mass is 9.81. The molecular formula is C32H34F6N2O. The van der Waals surface area contributed by atoms with Crippen LogP contribution in [0.2, 0.25) is 0 Å². The molecule has 0 radical (unpaired) electrons. The van der Waals surface area contributed by atoms with Gasteiger partial charge in [-0.2, -0.15) is 26.3 Å². The zero-order valence-corrected chi connectivity index (χ0v) is 23.2. The Morgan fingerprint density at radius 3 is 1.98 bits per heavy atom. The first kappa shape index (κ1) is 29.5. The summed E-state index contributed by atoms with van der Waals surface area (Å²) in [4.78, 5) is 4.66. The SMILES string of the molecule is COc1ccccc1C(C)(Cc1cc(C(F)(F)F)cc(C(F)(F)F)c1)N1CCN(C2CCc3ccccc3C2)CC1. The molecule has 2 aliphatic rings. The van der Waals surface area contributed by atoms with E-state index in [0.29, 0.717) is 24.9 Å². The smallest absolute Gasteiger partial charge is 0.416 e. The van der Waals surface area contributed by atoms with Crippen LogP contribution < -0.4 is 4.74 Å². The number of aryl methyl sites for hydroxylation is 1. The van der Waals surface area contributed by atoms with Gasteiger partial charge in [0.25, 0.3) is 0 Å². The average molecular weight is 577 g/mol. The van der Waals surface area contributed by atoms with Gasteiger partial charge in [-0.25, -0.2) is 0 Å². The Morgan fingerprint density at radius 2 is 1.37 bits per heavy atom. The van der Waals surface area contributed by atoms with Crippen molar-refractivity contribution in [2.24, 2.45) is 0 Å². The molecule has 220 valence electrons. The van der Waals surface area contributed by atoms with Gasteiger partial charge in [0.05, 0.1) is 23.8 Å². The number of rotatable bonds is 6. The van der Waals surface area contributed by atoms with Crippen molar-refractivity contribution >= 4 is 0 Å². The molecule has 41 heavy (non-hydrogen) atoms. The molecule has 3 aromatic rings. The van der Waals surface area contributed by atoms with Crippen molar-refractivity contribution in [3.63, 3.8) is 0 Å². The second-order valence-electron chi connectivity index (χ2n) is 11.3. The lowest BCUT2D eigenvalue weighted by Gasteiger charge is -2.49. The van der Waals surface area contributed by atoms with Crippen LogP contribution in [0.3, 0.4) is 0 Å². The predicted molar refractivity (Wildman–Crippen MR) is 146 cm³/mol. The van der Waals surface area contributed by atoms with E-state index in [0.717, 1.165) is 50.0 Å². The van der Waals surface area contributed by atoms with Gasteiger partial charge in [0.15, 0.2) is 0 Å². The van der Waals surface area contributed by atoms with Crippen LogP contribution in [0, 0.1) is 0 Å². The number of fused-ring (bicyclic) bond motifs is 1. The average Bonchev–Trinajstić information content (AvgIpc) is 2.96. The summed E-state index contributed by atoms with van der Waals surface area (Å²) in [6, 6.07) is 18.0. The third-order valence-corrected chi connectivity index (χ3v) is 8.73. The third-order valence-electron chi connectivity index (χ3n) is 8.73. The van der Waals surface area contributed by atoms with Gasteiger partial charge in [-0.3, -0.25) is 9.80 Å². The van der Waals surface area contributed by atoms with Gasteiger partial charge in [-0.15, -0.1) is 0 Å². The Bertz CT molecular complexity index is 1330. The molecule has 0 spiro atoms. The van der Waals surface area contributed by atoms with E-state index in [4.69, 9.17) is 4.74 Å². The third kappa shape index (κ3) is 6.26. The van der Waals surface area contributed by atoms with Gasteiger partial charge in [-0.05, 0) is 73.6 Å². The summed E-state index contributed by atoms with van der Waals surface area (Å²) >= 11 is 0. The number of ether oxygens (including phenoxy) is 1. The second-order valence-corrected chi connectivity index (χ2v) is 11.3. The van der Waals surface area contributed by atoms with Gasteiger partial charge >= 0.3 is 12.4 Å². The van der Waals surface area contributed by atoms with Crippen molar-refractivity contribution in [1.29, 1.82) is 0 Å². The van der Waals surface area contributed by atoms with E-state index in [1.54, 1.807) is 12.1 Å². The highest BCUT2D eigenvalue weighted by Crippen LogP contribution is 2.42. The Hall–Kier alpha value is -3.04.